The van der Waals surface area contributed by atoms with E-state index in [1.54, 1.807) is 24.3 Å². The van der Waals surface area contributed by atoms with E-state index in [9.17, 15) is 9.59 Å². The quantitative estimate of drug-likeness (QED) is 0.637. The highest BCUT2D eigenvalue weighted by atomic mass is 32.2. The third-order valence-electron chi connectivity index (χ3n) is 2.84. The highest BCUT2D eigenvalue weighted by Crippen LogP contribution is 2.18. The summed E-state index contributed by atoms with van der Waals surface area (Å²) in [6.07, 6.45) is 1.42. The number of nitrogens with one attached hydrogen (secondary N) is 2. The Bertz CT molecular complexity index is 862. The number of aromatic nitrogens is 3. The number of furan rings is 1. The summed E-state index contributed by atoms with van der Waals surface area (Å²) >= 11 is 2.62. The van der Waals surface area contributed by atoms with Crippen molar-refractivity contribution in [1.29, 1.82) is 0 Å². The molecular formula is C15H13N5O3S2. The molecule has 0 saturated heterocycles. The van der Waals surface area contributed by atoms with Gasteiger partial charge in [-0.3, -0.25) is 9.59 Å². The fourth-order valence-electron chi connectivity index (χ4n) is 1.76. The minimum absolute atomic E-state index is 0.170. The highest BCUT2D eigenvalue weighted by molar-refractivity contribution is 7.99. The maximum atomic E-state index is 11.9. The van der Waals surface area contributed by atoms with Crippen LogP contribution in [0.3, 0.4) is 0 Å². The van der Waals surface area contributed by atoms with Crippen LogP contribution in [0.25, 0.3) is 0 Å². The van der Waals surface area contributed by atoms with Crippen LogP contribution >= 0.6 is 23.1 Å². The Morgan fingerprint density at radius 2 is 2.12 bits per heavy atom. The third kappa shape index (κ3) is 4.88. The Balaban J connectivity index is 1.49. The minimum Gasteiger partial charge on any atom is -0.459 e. The number of aryl methyl sites for hydroxylation is 1. The van der Waals surface area contributed by atoms with Gasteiger partial charge in [-0.05, 0) is 31.2 Å². The van der Waals surface area contributed by atoms with Crippen LogP contribution in [0.2, 0.25) is 0 Å². The lowest BCUT2D eigenvalue weighted by Crippen LogP contribution is -2.14. The van der Waals surface area contributed by atoms with Crippen LogP contribution in [0.1, 0.15) is 16.2 Å². The number of thioether (sulfide) groups is 1. The molecular weight excluding hydrogens is 362 g/mol. The van der Waals surface area contributed by atoms with Crippen molar-refractivity contribution in [3.63, 3.8) is 0 Å². The lowest BCUT2D eigenvalue weighted by Gasteiger charge is -2.03. The molecule has 0 saturated carbocycles. The first kappa shape index (κ1) is 17.1. The maximum absolute atomic E-state index is 11.9. The largest absolute Gasteiger partial charge is 0.459 e. The second-order valence-corrected chi connectivity index (χ2v) is 6.67. The summed E-state index contributed by atoms with van der Waals surface area (Å²) in [5.41, 5.74) is 0.867. The van der Waals surface area contributed by atoms with Crippen LogP contribution in [0.15, 0.2) is 45.4 Å². The monoisotopic (exact) mass is 375 g/mol. The Hall–Kier alpha value is -2.72. The molecule has 2 amide bonds. The summed E-state index contributed by atoms with van der Waals surface area (Å²) in [6.45, 7) is 1.86. The van der Waals surface area contributed by atoms with Crippen molar-refractivity contribution in [3.05, 3.63) is 47.4 Å². The fourth-order valence-corrected chi connectivity index (χ4v) is 3.07. The van der Waals surface area contributed by atoms with Crippen molar-refractivity contribution in [2.75, 3.05) is 16.4 Å². The van der Waals surface area contributed by atoms with Crippen LogP contribution in [0.4, 0.5) is 10.9 Å². The zero-order valence-corrected chi connectivity index (χ0v) is 14.7. The van der Waals surface area contributed by atoms with Gasteiger partial charge < -0.3 is 15.1 Å². The molecule has 0 spiro atoms. The van der Waals surface area contributed by atoms with E-state index in [-0.39, 0.29) is 17.4 Å². The Labute approximate surface area is 151 Å². The SMILES string of the molecule is Cc1csc(NC(=O)CSc2ccc(NC(=O)c3ccco3)nn2)n1. The van der Waals surface area contributed by atoms with Gasteiger partial charge in [0.25, 0.3) is 5.91 Å². The van der Waals surface area contributed by atoms with Crippen LogP contribution in [-0.4, -0.2) is 32.7 Å². The van der Waals surface area contributed by atoms with Crippen molar-refractivity contribution >= 4 is 45.9 Å². The molecule has 0 fully saturated rings. The number of nitrogens with zero attached hydrogens (tertiary/aromatic N) is 3. The molecule has 0 radical (unpaired) electrons. The zero-order chi connectivity index (χ0) is 17.6. The number of hydrogen-bond acceptors (Lipinski definition) is 8. The third-order valence-corrected chi connectivity index (χ3v) is 4.64. The second-order valence-electron chi connectivity index (χ2n) is 4.82. The number of hydrogen-bond donors (Lipinski definition) is 2. The Morgan fingerprint density at radius 1 is 1.24 bits per heavy atom. The summed E-state index contributed by atoms with van der Waals surface area (Å²) in [5, 5.41) is 16.2. The average Bonchev–Trinajstić information content (AvgIpc) is 3.26. The fraction of sp³-hybridized carbons (Fsp3) is 0.133. The van der Waals surface area contributed by atoms with Gasteiger partial charge in [0.05, 0.1) is 17.7 Å². The molecule has 0 unspecified atom stereocenters. The number of carbonyl (C=O) groups excluding carboxylic acids is 2. The zero-order valence-electron chi connectivity index (χ0n) is 13.1. The summed E-state index contributed by atoms with van der Waals surface area (Å²) in [6, 6.07) is 6.46. The molecule has 25 heavy (non-hydrogen) atoms. The van der Waals surface area contributed by atoms with E-state index in [4.69, 9.17) is 4.42 Å². The van der Waals surface area contributed by atoms with Crippen molar-refractivity contribution in [1.82, 2.24) is 15.2 Å². The number of anilines is 2. The van der Waals surface area contributed by atoms with Gasteiger partial charge in [0.15, 0.2) is 16.7 Å². The molecule has 8 nitrogen and oxygen atoms in total. The van der Waals surface area contributed by atoms with Gasteiger partial charge in [0, 0.05) is 5.38 Å². The molecule has 3 rings (SSSR count). The van der Waals surface area contributed by atoms with Gasteiger partial charge in [0.1, 0.15) is 5.03 Å². The van der Waals surface area contributed by atoms with Crippen molar-refractivity contribution in [2.45, 2.75) is 11.9 Å². The number of thiazole rings is 1. The van der Waals surface area contributed by atoms with E-state index >= 15 is 0 Å². The van der Waals surface area contributed by atoms with E-state index in [1.165, 1.54) is 29.4 Å². The lowest BCUT2D eigenvalue weighted by atomic mass is 10.4. The summed E-state index contributed by atoms with van der Waals surface area (Å²) < 4.78 is 4.99. The molecule has 10 heteroatoms. The summed E-state index contributed by atoms with van der Waals surface area (Å²) in [5.74, 6) is 0.0998. The van der Waals surface area contributed by atoms with Crippen LogP contribution in [0, 0.1) is 6.92 Å². The first-order valence-corrected chi connectivity index (χ1v) is 9.00. The maximum Gasteiger partial charge on any atom is 0.292 e. The van der Waals surface area contributed by atoms with E-state index in [2.05, 4.69) is 25.8 Å². The predicted octanol–water partition coefficient (Wildman–Crippen LogP) is 2.82. The number of carbonyl (C=O) groups is 2. The summed E-state index contributed by atoms with van der Waals surface area (Å²) in [7, 11) is 0. The highest BCUT2D eigenvalue weighted by Gasteiger charge is 2.11. The first-order chi connectivity index (χ1) is 12.1. The normalized spacial score (nSPS) is 10.4. The molecule has 3 aromatic rings. The van der Waals surface area contributed by atoms with Crippen molar-refractivity contribution < 1.29 is 14.0 Å². The lowest BCUT2D eigenvalue weighted by molar-refractivity contribution is -0.113. The Kier molecular flexibility index (Phi) is 5.41. The van der Waals surface area contributed by atoms with E-state index < -0.39 is 5.91 Å². The van der Waals surface area contributed by atoms with Gasteiger partial charge >= 0.3 is 0 Å². The molecule has 0 aliphatic carbocycles. The number of amides is 2. The average molecular weight is 375 g/mol. The van der Waals surface area contributed by atoms with Crippen molar-refractivity contribution in [3.8, 4) is 0 Å². The van der Waals surface area contributed by atoms with Gasteiger partial charge in [-0.2, -0.15) is 0 Å². The molecule has 3 heterocycles. The molecule has 0 aliphatic rings. The Morgan fingerprint density at radius 3 is 2.76 bits per heavy atom. The smallest absolute Gasteiger partial charge is 0.292 e. The molecule has 128 valence electrons. The molecule has 0 aromatic carbocycles. The molecule has 0 atom stereocenters. The minimum atomic E-state index is -0.405. The van der Waals surface area contributed by atoms with Gasteiger partial charge in [-0.25, -0.2) is 4.98 Å². The molecule has 0 aliphatic heterocycles. The van der Waals surface area contributed by atoms with Crippen molar-refractivity contribution in [2.24, 2.45) is 0 Å². The molecule has 0 bridgehead atoms. The van der Waals surface area contributed by atoms with E-state index in [0.717, 1.165) is 5.69 Å². The number of rotatable bonds is 6. The van der Waals surface area contributed by atoms with Crippen LogP contribution in [0.5, 0.6) is 0 Å². The predicted molar refractivity (Wildman–Crippen MR) is 94.9 cm³/mol. The summed E-state index contributed by atoms with van der Waals surface area (Å²) in [4.78, 5) is 27.8. The molecule has 2 N–H and O–H groups in total. The van der Waals surface area contributed by atoms with Gasteiger partial charge in [-0.1, -0.05) is 11.8 Å². The van der Waals surface area contributed by atoms with E-state index in [1.807, 2.05) is 12.3 Å². The van der Waals surface area contributed by atoms with Crippen LogP contribution in [-0.2, 0) is 4.79 Å². The second kappa shape index (κ2) is 7.90. The van der Waals surface area contributed by atoms with E-state index in [0.29, 0.717) is 16.0 Å². The standard InChI is InChI=1S/C15H13N5O3S2/c1-9-7-25-15(16-9)18-12(21)8-24-13-5-4-11(19-20-13)17-14(22)10-3-2-6-23-10/h2-7H,8H2,1H3,(H,16,18,21)(H,17,19,22). The molecule has 3 aromatic heterocycles. The topological polar surface area (TPSA) is 110 Å². The van der Waals surface area contributed by atoms with Gasteiger partial charge in [-0.15, -0.1) is 21.5 Å². The van der Waals surface area contributed by atoms with Gasteiger partial charge in [0.2, 0.25) is 5.91 Å². The van der Waals surface area contributed by atoms with Crippen LogP contribution < -0.4 is 10.6 Å². The first-order valence-electron chi connectivity index (χ1n) is 7.13.